The zero-order chi connectivity index (χ0) is 19.1. The molecular weight excluding hydrogens is 358 g/mol. The van der Waals surface area contributed by atoms with E-state index >= 15 is 0 Å². The van der Waals surface area contributed by atoms with Crippen molar-refractivity contribution in [3.05, 3.63) is 46.9 Å². The van der Waals surface area contributed by atoms with Gasteiger partial charge in [0.1, 0.15) is 0 Å². The molecular formula is C17H19N3O5S. The van der Waals surface area contributed by atoms with Gasteiger partial charge in [-0.25, -0.2) is 13.2 Å². The molecule has 0 aliphatic heterocycles. The molecule has 0 radical (unpaired) electrons. The first-order valence-electron chi connectivity index (χ1n) is 7.69. The highest BCUT2D eigenvalue weighted by Gasteiger charge is 2.18. The molecule has 3 aromatic rings. The van der Waals surface area contributed by atoms with E-state index in [1.165, 1.54) is 41.6 Å². The molecule has 0 aliphatic carbocycles. The first kappa shape index (κ1) is 17.9. The van der Waals surface area contributed by atoms with Gasteiger partial charge >= 0.3 is 5.69 Å². The maximum absolute atomic E-state index is 12.7. The van der Waals surface area contributed by atoms with Crippen molar-refractivity contribution in [3.63, 3.8) is 0 Å². The molecule has 1 aromatic heterocycles. The van der Waals surface area contributed by atoms with E-state index < -0.39 is 10.0 Å². The summed E-state index contributed by atoms with van der Waals surface area (Å²) in [5.41, 5.74) is 1.31. The third-order valence-electron chi connectivity index (χ3n) is 4.19. The van der Waals surface area contributed by atoms with Crippen LogP contribution < -0.4 is 19.9 Å². The fourth-order valence-corrected chi connectivity index (χ4v) is 3.84. The van der Waals surface area contributed by atoms with E-state index in [0.717, 1.165) is 0 Å². The summed E-state index contributed by atoms with van der Waals surface area (Å²) < 4.78 is 41.2. The van der Waals surface area contributed by atoms with Crippen LogP contribution in [-0.2, 0) is 24.1 Å². The van der Waals surface area contributed by atoms with E-state index in [-0.39, 0.29) is 10.6 Å². The first-order valence-corrected chi connectivity index (χ1v) is 9.17. The molecule has 0 unspecified atom stereocenters. The average Bonchev–Trinajstić information content (AvgIpc) is 2.85. The van der Waals surface area contributed by atoms with E-state index in [4.69, 9.17) is 9.47 Å². The second-order valence-electron chi connectivity index (χ2n) is 5.73. The Hall–Kier alpha value is -2.94. The molecule has 9 heteroatoms. The van der Waals surface area contributed by atoms with E-state index in [1.54, 1.807) is 32.3 Å². The molecule has 0 saturated carbocycles. The molecule has 1 N–H and O–H groups in total. The fourth-order valence-electron chi connectivity index (χ4n) is 2.77. The summed E-state index contributed by atoms with van der Waals surface area (Å²) in [5, 5.41) is 0. The van der Waals surface area contributed by atoms with Gasteiger partial charge < -0.3 is 9.47 Å². The van der Waals surface area contributed by atoms with E-state index in [0.29, 0.717) is 28.2 Å². The van der Waals surface area contributed by atoms with Gasteiger partial charge in [0.2, 0.25) is 0 Å². The molecule has 26 heavy (non-hydrogen) atoms. The van der Waals surface area contributed by atoms with Crippen LogP contribution in [0.4, 0.5) is 5.69 Å². The van der Waals surface area contributed by atoms with Gasteiger partial charge in [0.05, 0.1) is 35.8 Å². The number of hydrogen-bond acceptors (Lipinski definition) is 5. The highest BCUT2D eigenvalue weighted by atomic mass is 32.2. The van der Waals surface area contributed by atoms with E-state index in [2.05, 4.69) is 4.72 Å². The Morgan fingerprint density at radius 3 is 2.19 bits per heavy atom. The van der Waals surface area contributed by atoms with Crippen LogP contribution in [0.15, 0.2) is 46.1 Å². The third kappa shape index (κ3) is 2.90. The fraction of sp³-hybridized carbons (Fsp3) is 0.235. The lowest BCUT2D eigenvalue weighted by atomic mass is 10.3. The molecule has 0 fully saturated rings. The maximum atomic E-state index is 12.7. The van der Waals surface area contributed by atoms with Crippen LogP contribution in [-0.4, -0.2) is 31.8 Å². The van der Waals surface area contributed by atoms with Crippen molar-refractivity contribution in [3.8, 4) is 11.5 Å². The average molecular weight is 377 g/mol. The smallest absolute Gasteiger partial charge is 0.328 e. The molecule has 138 valence electrons. The largest absolute Gasteiger partial charge is 0.493 e. The van der Waals surface area contributed by atoms with Crippen LogP contribution in [0.2, 0.25) is 0 Å². The molecule has 0 spiro atoms. The number of aryl methyl sites for hydroxylation is 2. The summed E-state index contributed by atoms with van der Waals surface area (Å²) >= 11 is 0. The van der Waals surface area contributed by atoms with Crippen molar-refractivity contribution < 1.29 is 17.9 Å². The molecule has 2 aromatic carbocycles. The number of methoxy groups -OCH3 is 2. The first-order chi connectivity index (χ1) is 12.3. The Morgan fingerprint density at radius 1 is 0.885 bits per heavy atom. The monoisotopic (exact) mass is 377 g/mol. The second kappa shape index (κ2) is 6.41. The minimum Gasteiger partial charge on any atom is -0.493 e. The Balaban J connectivity index is 2.02. The van der Waals surface area contributed by atoms with Crippen molar-refractivity contribution in [2.45, 2.75) is 4.90 Å². The number of benzene rings is 2. The maximum Gasteiger partial charge on any atom is 0.328 e. The Bertz CT molecular complexity index is 1150. The van der Waals surface area contributed by atoms with Gasteiger partial charge in [-0.2, -0.15) is 0 Å². The topological polar surface area (TPSA) is 91.6 Å². The lowest BCUT2D eigenvalue weighted by Gasteiger charge is -2.12. The highest BCUT2D eigenvalue weighted by Crippen LogP contribution is 2.31. The molecule has 0 amide bonds. The Morgan fingerprint density at radius 2 is 1.54 bits per heavy atom. The minimum absolute atomic E-state index is 0.0565. The van der Waals surface area contributed by atoms with Gasteiger partial charge in [-0.1, -0.05) is 0 Å². The number of nitrogens with zero attached hydrogens (tertiary/aromatic N) is 2. The van der Waals surface area contributed by atoms with Gasteiger partial charge in [-0.3, -0.25) is 13.9 Å². The molecule has 0 atom stereocenters. The number of hydrogen-bond donors (Lipinski definition) is 1. The van der Waals surface area contributed by atoms with Crippen LogP contribution >= 0.6 is 0 Å². The van der Waals surface area contributed by atoms with Crippen molar-refractivity contribution in [2.24, 2.45) is 14.1 Å². The number of rotatable bonds is 5. The summed E-state index contributed by atoms with van der Waals surface area (Å²) in [6.45, 7) is 0. The number of aromatic nitrogens is 2. The lowest BCUT2D eigenvalue weighted by Crippen LogP contribution is -2.19. The summed E-state index contributed by atoms with van der Waals surface area (Å²) in [5.74, 6) is 0.907. The van der Waals surface area contributed by atoms with E-state index in [1.807, 2.05) is 0 Å². The van der Waals surface area contributed by atoms with Crippen LogP contribution in [0.25, 0.3) is 11.0 Å². The standard InChI is InChI=1S/C17H19N3O5S/c1-19-13-7-6-12(10-14(13)20(2)17(19)21)26(22,23)18-11-5-8-15(24-3)16(9-11)25-4/h5-10,18H,1-4H3. The van der Waals surface area contributed by atoms with Gasteiger partial charge in [0.25, 0.3) is 10.0 Å². The number of ether oxygens (including phenoxy) is 2. The number of sulfonamides is 1. The molecule has 0 bridgehead atoms. The normalized spacial score (nSPS) is 11.5. The van der Waals surface area contributed by atoms with Crippen LogP contribution in [0.5, 0.6) is 11.5 Å². The molecule has 1 heterocycles. The van der Waals surface area contributed by atoms with Crippen molar-refractivity contribution in [1.29, 1.82) is 0 Å². The third-order valence-corrected chi connectivity index (χ3v) is 5.57. The zero-order valence-electron chi connectivity index (χ0n) is 14.8. The summed E-state index contributed by atoms with van der Waals surface area (Å²) in [7, 11) is 2.37. The molecule has 3 rings (SSSR count). The van der Waals surface area contributed by atoms with E-state index in [9.17, 15) is 13.2 Å². The molecule has 8 nitrogen and oxygen atoms in total. The summed E-state index contributed by atoms with van der Waals surface area (Å²) in [4.78, 5) is 12.1. The van der Waals surface area contributed by atoms with Crippen molar-refractivity contribution in [2.75, 3.05) is 18.9 Å². The minimum atomic E-state index is -3.84. The predicted octanol–water partition coefficient (Wildman–Crippen LogP) is 1.69. The van der Waals surface area contributed by atoms with Crippen LogP contribution in [0.1, 0.15) is 0 Å². The Kier molecular flexibility index (Phi) is 4.41. The van der Waals surface area contributed by atoms with Gasteiger partial charge in [0.15, 0.2) is 11.5 Å². The van der Waals surface area contributed by atoms with Gasteiger partial charge in [-0.15, -0.1) is 0 Å². The number of anilines is 1. The number of nitrogens with one attached hydrogen (secondary N) is 1. The number of fused-ring (bicyclic) bond motifs is 1. The van der Waals surface area contributed by atoms with Crippen LogP contribution in [0, 0.1) is 0 Å². The second-order valence-corrected chi connectivity index (χ2v) is 7.41. The summed E-state index contributed by atoms with van der Waals surface area (Å²) in [6, 6.07) is 9.27. The molecule has 0 aliphatic rings. The van der Waals surface area contributed by atoms with Crippen molar-refractivity contribution in [1.82, 2.24) is 9.13 Å². The lowest BCUT2D eigenvalue weighted by molar-refractivity contribution is 0.355. The Labute approximate surface area is 150 Å². The highest BCUT2D eigenvalue weighted by molar-refractivity contribution is 7.92. The predicted molar refractivity (Wildman–Crippen MR) is 98.5 cm³/mol. The van der Waals surface area contributed by atoms with Gasteiger partial charge in [0, 0.05) is 20.2 Å². The SMILES string of the molecule is COc1ccc(NS(=O)(=O)c2ccc3c(c2)n(C)c(=O)n3C)cc1OC. The quantitative estimate of drug-likeness (QED) is 0.731. The van der Waals surface area contributed by atoms with Gasteiger partial charge in [-0.05, 0) is 30.3 Å². The van der Waals surface area contributed by atoms with Crippen LogP contribution in [0.3, 0.4) is 0 Å². The van der Waals surface area contributed by atoms with Crippen molar-refractivity contribution >= 4 is 26.7 Å². The summed E-state index contributed by atoms with van der Waals surface area (Å²) in [6.07, 6.45) is 0. The zero-order valence-corrected chi connectivity index (χ0v) is 15.6. The molecule has 0 saturated heterocycles. The number of imidazole rings is 1.